The van der Waals surface area contributed by atoms with Crippen molar-refractivity contribution < 1.29 is 66.7 Å². The molecule has 0 aliphatic rings. The van der Waals surface area contributed by atoms with E-state index in [-0.39, 0.29) is 68.3 Å². The van der Waals surface area contributed by atoms with Crippen molar-refractivity contribution in [2.75, 3.05) is 54.9 Å². The van der Waals surface area contributed by atoms with Crippen LogP contribution in [0.2, 0.25) is 0 Å². The minimum absolute atomic E-state index is 0.230. The van der Waals surface area contributed by atoms with E-state index in [0.717, 1.165) is 22.3 Å². The zero-order valence-corrected chi connectivity index (χ0v) is 34.4. The van der Waals surface area contributed by atoms with Gasteiger partial charge in [-0.15, -0.1) is 0 Å². The van der Waals surface area contributed by atoms with Crippen LogP contribution in [-0.2, 0) is 57.4 Å². The number of carbonyl (C=O) groups is 6. The monoisotopic (exact) mass is 812 g/mol. The number of esters is 4. The molecule has 0 heterocycles. The highest BCUT2D eigenvalue weighted by Crippen LogP contribution is 2.37. The summed E-state index contributed by atoms with van der Waals surface area (Å²) in [5.41, 5.74) is 7.76. The molecule has 0 amide bonds. The third kappa shape index (κ3) is 12.2. The van der Waals surface area contributed by atoms with Crippen molar-refractivity contribution >= 4 is 36.4 Å². The summed E-state index contributed by atoms with van der Waals surface area (Å²) in [5.74, 6) is -1.04. The van der Waals surface area contributed by atoms with Crippen molar-refractivity contribution in [3.05, 3.63) is 115 Å². The maximum atomic E-state index is 12.4. The van der Waals surface area contributed by atoms with Crippen LogP contribution in [0, 0.1) is 27.7 Å². The van der Waals surface area contributed by atoms with E-state index in [1.54, 1.807) is 26.0 Å². The molecule has 0 radical (unpaired) electrons. The quantitative estimate of drug-likeness (QED) is 0.0619. The fourth-order valence-electron chi connectivity index (χ4n) is 6.69. The smallest absolute Gasteiger partial charge is 0.343 e. The van der Waals surface area contributed by atoms with Gasteiger partial charge in [0.15, 0.2) is 39.0 Å². The molecule has 14 heteroatoms. The van der Waals surface area contributed by atoms with E-state index in [1.807, 2.05) is 50.2 Å². The van der Waals surface area contributed by atoms with Gasteiger partial charge in [-0.3, -0.25) is 9.59 Å². The Balaban J connectivity index is 1.82. The second kappa shape index (κ2) is 21.2. The van der Waals surface area contributed by atoms with Crippen molar-refractivity contribution in [2.45, 2.75) is 47.0 Å². The molecule has 0 unspecified atom stereocenters. The second-order valence-corrected chi connectivity index (χ2v) is 13.7. The highest BCUT2D eigenvalue weighted by atomic mass is 16.6. The lowest BCUT2D eigenvalue weighted by atomic mass is 9.91. The molecule has 4 aromatic carbocycles. The van der Waals surface area contributed by atoms with Crippen molar-refractivity contribution in [1.82, 2.24) is 0 Å². The van der Waals surface area contributed by atoms with Crippen molar-refractivity contribution in [1.29, 1.82) is 0 Å². The van der Waals surface area contributed by atoms with Gasteiger partial charge in [0.25, 0.3) is 0 Å². The number of carbonyl (C=O) groups excluding carboxylic acids is 6. The van der Waals surface area contributed by atoms with Gasteiger partial charge in [-0.25, -0.2) is 19.2 Å². The molecule has 59 heavy (non-hydrogen) atoms. The molecule has 0 saturated heterocycles. The Morgan fingerprint density at radius 3 is 1.00 bits per heavy atom. The summed E-state index contributed by atoms with van der Waals surface area (Å²) >= 11 is 0. The first-order valence-corrected chi connectivity index (χ1v) is 18.4. The average Bonchev–Trinajstić information content (AvgIpc) is 3.21. The van der Waals surface area contributed by atoms with Crippen LogP contribution >= 0.6 is 0 Å². The summed E-state index contributed by atoms with van der Waals surface area (Å²) in [5, 5.41) is 0. The van der Waals surface area contributed by atoms with Gasteiger partial charge < -0.3 is 37.9 Å². The van der Waals surface area contributed by atoms with Gasteiger partial charge in [-0.05, 0) is 84.3 Å². The van der Waals surface area contributed by atoms with Crippen LogP contribution in [0.25, 0.3) is 0 Å². The van der Waals surface area contributed by atoms with Crippen LogP contribution in [0.1, 0.15) is 76.4 Å². The first-order valence-electron chi connectivity index (χ1n) is 18.4. The van der Waals surface area contributed by atoms with Crippen molar-refractivity contribution in [3.8, 4) is 23.0 Å². The molecule has 4 rings (SSSR count). The zero-order chi connectivity index (χ0) is 43.2. The Hall–Kier alpha value is -6.70. The largest absolute Gasteiger partial charge is 0.481 e. The summed E-state index contributed by atoms with van der Waals surface area (Å²) in [4.78, 5) is 72.7. The highest BCUT2D eigenvalue weighted by molar-refractivity contribution is 5.82. The molecule has 0 bridgehead atoms. The van der Waals surface area contributed by atoms with Gasteiger partial charge in [0, 0.05) is 19.3 Å². The number of aryl methyl sites for hydroxylation is 4. The van der Waals surface area contributed by atoms with E-state index in [9.17, 15) is 28.8 Å². The number of hydrogen-bond donors (Lipinski definition) is 0. The number of benzene rings is 4. The number of methoxy groups -OCH3 is 4. The predicted octanol–water partition coefficient (Wildman–Crippen LogP) is 5.52. The Morgan fingerprint density at radius 2 is 0.712 bits per heavy atom. The molecule has 312 valence electrons. The first-order chi connectivity index (χ1) is 28.2. The molecule has 0 saturated carbocycles. The molecule has 0 fully saturated rings. The van der Waals surface area contributed by atoms with Crippen LogP contribution in [-0.4, -0.2) is 91.3 Å². The third-order valence-electron chi connectivity index (χ3n) is 9.17. The molecule has 14 nitrogen and oxygen atoms in total. The molecule has 0 N–H and O–H groups in total. The molecule has 0 spiro atoms. The number of aldehydes is 2. The van der Waals surface area contributed by atoms with E-state index >= 15 is 0 Å². The normalized spacial score (nSPS) is 10.6. The predicted molar refractivity (Wildman–Crippen MR) is 214 cm³/mol. The van der Waals surface area contributed by atoms with Gasteiger partial charge in [0.2, 0.25) is 0 Å². The maximum absolute atomic E-state index is 12.4. The Kier molecular flexibility index (Phi) is 16.1. The van der Waals surface area contributed by atoms with E-state index in [2.05, 4.69) is 9.47 Å². The summed E-state index contributed by atoms with van der Waals surface area (Å²) in [6, 6.07) is 14.7. The summed E-state index contributed by atoms with van der Waals surface area (Å²) in [6.45, 7) is 5.86. The topological polar surface area (TPSA) is 176 Å². The minimum atomic E-state index is -0.597. The molecule has 4 aromatic rings. The van der Waals surface area contributed by atoms with Gasteiger partial charge in [-0.2, -0.15) is 0 Å². The Labute approximate surface area is 342 Å². The first kappa shape index (κ1) is 45.0. The summed E-state index contributed by atoms with van der Waals surface area (Å²) in [6.07, 6.45) is 2.10. The van der Waals surface area contributed by atoms with Crippen LogP contribution in [0.3, 0.4) is 0 Å². The number of rotatable bonds is 20. The van der Waals surface area contributed by atoms with Gasteiger partial charge >= 0.3 is 23.9 Å². The van der Waals surface area contributed by atoms with Gasteiger partial charge in [0.1, 0.15) is 23.0 Å². The SMILES string of the molecule is COC(=O)COc1c(C)cc(Cc2cc(C)cc(Cc3cc(C)cc(Cc4cc(C)c(OCC(=O)OC)c(C=O)c4)c3OCC(=O)OC)c2OCC(=O)OC)cc1C=O. The number of hydrogen-bond acceptors (Lipinski definition) is 14. The van der Waals surface area contributed by atoms with Crippen LogP contribution in [0.4, 0.5) is 0 Å². The van der Waals surface area contributed by atoms with Gasteiger partial charge in [-0.1, -0.05) is 47.5 Å². The maximum Gasteiger partial charge on any atom is 0.343 e. The van der Waals surface area contributed by atoms with Gasteiger partial charge in [0.05, 0.1) is 39.6 Å². The number of ether oxygens (including phenoxy) is 8. The van der Waals surface area contributed by atoms with Crippen LogP contribution in [0.15, 0.2) is 48.5 Å². The zero-order valence-electron chi connectivity index (χ0n) is 34.4. The standard InChI is InChI=1S/C45H48O14/c1-26-9-32(15-30-13-28(3)42(36(17-30)20-46)56-22-38(48)52-5)44(58-24-40(50)54-7)34(11-26)19-35-12-27(2)10-33(45(35)59-25-41(51)55-8)16-31-14-29(4)43(37(18-31)21-47)57-23-39(49)53-6/h9-14,17-18,20-21H,15-16,19,22-25H2,1-8H3. The molecule has 0 aliphatic heterocycles. The summed E-state index contributed by atoms with van der Waals surface area (Å²) in [7, 11) is 5.01. The summed E-state index contributed by atoms with van der Waals surface area (Å²) < 4.78 is 42.8. The lowest BCUT2D eigenvalue weighted by molar-refractivity contribution is -0.143. The van der Waals surface area contributed by atoms with E-state index in [4.69, 9.17) is 28.4 Å². The molecule has 0 aliphatic carbocycles. The van der Waals surface area contributed by atoms with E-state index in [1.165, 1.54) is 28.4 Å². The average molecular weight is 813 g/mol. The molecular formula is C45H48O14. The second-order valence-electron chi connectivity index (χ2n) is 13.7. The minimum Gasteiger partial charge on any atom is -0.481 e. The lowest BCUT2D eigenvalue weighted by Gasteiger charge is -2.21. The van der Waals surface area contributed by atoms with Crippen LogP contribution < -0.4 is 18.9 Å². The van der Waals surface area contributed by atoms with E-state index < -0.39 is 23.9 Å². The van der Waals surface area contributed by atoms with Crippen molar-refractivity contribution in [3.63, 3.8) is 0 Å². The van der Waals surface area contributed by atoms with E-state index in [0.29, 0.717) is 57.5 Å². The highest BCUT2D eigenvalue weighted by Gasteiger charge is 2.22. The fraction of sp³-hybridized carbons (Fsp3) is 0.333. The third-order valence-corrected chi connectivity index (χ3v) is 9.17. The Bertz CT molecular complexity index is 2070. The Morgan fingerprint density at radius 1 is 0.424 bits per heavy atom. The fourth-order valence-corrected chi connectivity index (χ4v) is 6.69. The van der Waals surface area contributed by atoms with Crippen LogP contribution in [0.5, 0.6) is 23.0 Å². The molecule has 0 atom stereocenters. The molecular weight excluding hydrogens is 764 g/mol. The molecule has 0 aromatic heterocycles. The lowest BCUT2D eigenvalue weighted by Crippen LogP contribution is -2.16. The van der Waals surface area contributed by atoms with Crippen molar-refractivity contribution in [2.24, 2.45) is 0 Å².